The average Bonchev–Trinajstić information content (AvgIpc) is 3.13. The molecule has 1 aromatic heterocycles. The molecule has 1 spiro atoms. The average molecular weight is 475 g/mol. The van der Waals surface area contributed by atoms with E-state index in [4.69, 9.17) is 9.47 Å². The Bertz CT molecular complexity index is 1410. The monoisotopic (exact) mass is 474 g/mol. The molecular weight excluding hydrogens is 450 g/mol. The van der Waals surface area contributed by atoms with Crippen LogP contribution in [0.25, 0.3) is 17.3 Å². The van der Waals surface area contributed by atoms with E-state index in [1.54, 1.807) is 31.2 Å². The molecule has 1 saturated heterocycles. The van der Waals surface area contributed by atoms with Gasteiger partial charge in [-0.2, -0.15) is 5.10 Å². The zero-order chi connectivity index (χ0) is 24.4. The normalized spacial score (nSPS) is 23.7. The van der Waals surface area contributed by atoms with Crippen LogP contribution >= 0.6 is 0 Å². The Hall–Kier alpha value is -3.58. The fourth-order valence-electron chi connectivity index (χ4n) is 5.80. The van der Waals surface area contributed by atoms with E-state index in [-0.39, 0.29) is 24.4 Å². The lowest BCUT2D eigenvalue weighted by Crippen LogP contribution is -2.28. The molecule has 0 bridgehead atoms. The van der Waals surface area contributed by atoms with Crippen LogP contribution in [0.2, 0.25) is 0 Å². The molecule has 1 aliphatic heterocycles. The third kappa shape index (κ3) is 3.14. The number of rotatable bonds is 6. The minimum absolute atomic E-state index is 0.158. The van der Waals surface area contributed by atoms with Gasteiger partial charge in [0.1, 0.15) is 22.8 Å². The van der Waals surface area contributed by atoms with Crippen molar-refractivity contribution >= 4 is 17.6 Å². The summed E-state index contributed by atoms with van der Waals surface area (Å²) >= 11 is 0. The van der Waals surface area contributed by atoms with Gasteiger partial charge in [0.05, 0.1) is 30.6 Å². The molecule has 0 radical (unpaired) electrons. The summed E-state index contributed by atoms with van der Waals surface area (Å²) in [6, 6.07) is 11.0. The van der Waals surface area contributed by atoms with Crippen molar-refractivity contribution in [3.63, 3.8) is 0 Å². The molecule has 2 aliphatic carbocycles. The lowest BCUT2D eigenvalue weighted by atomic mass is 9.78. The van der Waals surface area contributed by atoms with E-state index in [0.717, 1.165) is 35.4 Å². The van der Waals surface area contributed by atoms with Crippen LogP contribution in [0.1, 0.15) is 42.1 Å². The van der Waals surface area contributed by atoms with Crippen LogP contribution < -0.4 is 0 Å². The predicted molar refractivity (Wildman–Crippen MR) is 127 cm³/mol. The molecule has 2 fully saturated rings. The molecule has 1 unspecified atom stereocenters. The first-order valence-corrected chi connectivity index (χ1v) is 11.8. The Labute approximate surface area is 201 Å². The Morgan fingerprint density at radius 2 is 2.03 bits per heavy atom. The van der Waals surface area contributed by atoms with Crippen molar-refractivity contribution in [3.8, 4) is 5.69 Å². The number of benzene rings is 2. The zero-order valence-corrected chi connectivity index (χ0v) is 19.3. The highest BCUT2D eigenvalue weighted by Gasteiger charge is 2.76. The molecule has 3 aliphatic rings. The number of fused-ring (bicyclic) bond motifs is 1. The van der Waals surface area contributed by atoms with Crippen LogP contribution in [0.15, 0.2) is 60.8 Å². The maximum atomic E-state index is 14.8. The summed E-state index contributed by atoms with van der Waals surface area (Å²) in [5.74, 6) is -1.22. The van der Waals surface area contributed by atoms with Crippen molar-refractivity contribution in [3.05, 3.63) is 94.8 Å². The number of hydrogen-bond acceptors (Lipinski definition) is 4. The van der Waals surface area contributed by atoms with E-state index >= 15 is 0 Å². The van der Waals surface area contributed by atoms with Gasteiger partial charge in [-0.05, 0) is 72.9 Å². The number of epoxide rings is 1. The molecule has 0 amide bonds. The third-order valence-electron chi connectivity index (χ3n) is 7.49. The topological polar surface area (TPSA) is 56.6 Å². The van der Waals surface area contributed by atoms with Crippen LogP contribution in [0.5, 0.6) is 0 Å². The maximum absolute atomic E-state index is 14.8. The molecule has 2 aromatic carbocycles. The molecule has 178 valence electrons. The fraction of sp³-hybridized carbons (Fsp3) is 0.286. The second-order valence-corrected chi connectivity index (χ2v) is 9.27. The summed E-state index contributed by atoms with van der Waals surface area (Å²) in [4.78, 5) is 12.2. The van der Waals surface area contributed by atoms with Gasteiger partial charge in [-0.1, -0.05) is 18.7 Å². The first kappa shape index (κ1) is 21.9. The number of nitrogens with zero attached hydrogens (tertiary/aromatic N) is 2. The van der Waals surface area contributed by atoms with Gasteiger partial charge < -0.3 is 9.47 Å². The van der Waals surface area contributed by atoms with Crippen molar-refractivity contribution in [1.82, 2.24) is 9.78 Å². The number of carbonyl (C=O) groups excluding carboxylic acids is 1. The molecular formula is C28H24F2N2O3. The highest BCUT2D eigenvalue weighted by molar-refractivity contribution is 5.84. The second-order valence-electron chi connectivity index (χ2n) is 9.27. The summed E-state index contributed by atoms with van der Waals surface area (Å²) in [6.45, 7) is 6.31. The molecule has 1 saturated carbocycles. The Kier molecular flexibility index (Phi) is 4.83. The van der Waals surface area contributed by atoms with E-state index < -0.39 is 23.0 Å². The van der Waals surface area contributed by atoms with Gasteiger partial charge in [0.15, 0.2) is 0 Å². The van der Waals surface area contributed by atoms with Gasteiger partial charge in [0.25, 0.3) is 0 Å². The molecule has 6 rings (SSSR count). The van der Waals surface area contributed by atoms with Crippen molar-refractivity contribution in [1.29, 1.82) is 0 Å². The highest BCUT2D eigenvalue weighted by atomic mass is 19.1. The second kappa shape index (κ2) is 7.71. The number of halogens is 2. The third-order valence-corrected chi connectivity index (χ3v) is 7.49. The molecule has 2 atom stereocenters. The van der Waals surface area contributed by atoms with Gasteiger partial charge in [-0.3, -0.25) is 4.79 Å². The molecule has 2 heterocycles. The summed E-state index contributed by atoms with van der Waals surface area (Å²) in [6.07, 6.45) is 5.94. The number of carbonyl (C=O) groups is 1. The SMILES string of the molecule is C=C(c1cccc(F)c1CC(=O)OCC)[C@]12CCC3=Cc4c(cnn4-c4ccc(F)cc4)CC31O2. The molecule has 3 aromatic rings. The fourth-order valence-corrected chi connectivity index (χ4v) is 5.80. The van der Waals surface area contributed by atoms with Crippen molar-refractivity contribution < 1.29 is 23.0 Å². The summed E-state index contributed by atoms with van der Waals surface area (Å²) in [7, 11) is 0. The van der Waals surface area contributed by atoms with Gasteiger partial charge in [-0.25, -0.2) is 13.5 Å². The van der Waals surface area contributed by atoms with Crippen LogP contribution in [-0.2, 0) is 27.1 Å². The molecule has 0 N–H and O–H groups in total. The summed E-state index contributed by atoms with van der Waals surface area (Å²) in [5.41, 5.74) is 4.32. The van der Waals surface area contributed by atoms with Crippen molar-refractivity contribution in [2.75, 3.05) is 6.61 Å². The molecule has 35 heavy (non-hydrogen) atoms. The van der Waals surface area contributed by atoms with Gasteiger partial charge >= 0.3 is 5.97 Å². The van der Waals surface area contributed by atoms with E-state index in [2.05, 4.69) is 17.8 Å². The van der Waals surface area contributed by atoms with E-state index in [9.17, 15) is 13.6 Å². The minimum Gasteiger partial charge on any atom is -0.466 e. The summed E-state index contributed by atoms with van der Waals surface area (Å²) in [5, 5.41) is 4.55. The zero-order valence-electron chi connectivity index (χ0n) is 19.3. The molecule has 5 nitrogen and oxygen atoms in total. The number of esters is 1. The molecule has 7 heteroatoms. The Balaban J connectivity index is 1.34. The van der Waals surface area contributed by atoms with Crippen LogP contribution in [-0.4, -0.2) is 33.6 Å². The van der Waals surface area contributed by atoms with Crippen LogP contribution in [0.4, 0.5) is 8.78 Å². The number of ether oxygens (including phenoxy) is 2. The quantitative estimate of drug-likeness (QED) is 0.364. The summed E-state index contributed by atoms with van der Waals surface area (Å²) < 4.78 is 41.6. The number of aromatic nitrogens is 2. The first-order chi connectivity index (χ1) is 16.9. The van der Waals surface area contributed by atoms with Crippen LogP contribution in [0, 0.1) is 11.6 Å². The van der Waals surface area contributed by atoms with Gasteiger partial charge in [-0.15, -0.1) is 0 Å². The van der Waals surface area contributed by atoms with Crippen molar-refractivity contribution in [2.45, 2.75) is 43.8 Å². The Morgan fingerprint density at radius 1 is 1.23 bits per heavy atom. The predicted octanol–water partition coefficient (Wildman–Crippen LogP) is 5.21. The van der Waals surface area contributed by atoms with Gasteiger partial charge in [0, 0.05) is 17.5 Å². The lowest BCUT2D eigenvalue weighted by Gasteiger charge is -2.21. The highest BCUT2D eigenvalue weighted by Crippen LogP contribution is 2.70. The Morgan fingerprint density at radius 3 is 2.80 bits per heavy atom. The number of hydrogen-bond donors (Lipinski definition) is 0. The first-order valence-electron chi connectivity index (χ1n) is 11.8. The van der Waals surface area contributed by atoms with E-state index in [1.807, 2.05) is 10.9 Å². The maximum Gasteiger partial charge on any atom is 0.310 e. The standard InChI is InChI=1S/C28H24F2N2O3/c1-3-34-26(33)14-23-22(5-4-6-24(23)30)17(2)27-12-11-19-13-25-18(15-28(19,27)35-27)16-31-32(25)21-9-7-20(29)8-10-21/h4-10,13,16H,2-3,11-12,14-15H2,1H3/t27-,28?/m1/s1. The van der Waals surface area contributed by atoms with Crippen LogP contribution in [0.3, 0.4) is 0 Å². The largest absolute Gasteiger partial charge is 0.466 e. The van der Waals surface area contributed by atoms with Gasteiger partial charge in [0.2, 0.25) is 0 Å². The van der Waals surface area contributed by atoms with E-state index in [1.165, 1.54) is 18.2 Å². The lowest BCUT2D eigenvalue weighted by molar-refractivity contribution is -0.142. The smallest absolute Gasteiger partial charge is 0.310 e. The van der Waals surface area contributed by atoms with E-state index in [0.29, 0.717) is 17.6 Å². The van der Waals surface area contributed by atoms with Crippen molar-refractivity contribution in [2.24, 2.45) is 0 Å². The minimum atomic E-state index is -0.647.